The van der Waals surface area contributed by atoms with Gasteiger partial charge in [-0.05, 0) is 24.6 Å². The molecule has 2 aromatic carbocycles. The summed E-state index contributed by atoms with van der Waals surface area (Å²) < 4.78 is 7.29. The van der Waals surface area contributed by atoms with Crippen molar-refractivity contribution < 1.29 is 14.2 Å². The van der Waals surface area contributed by atoms with Crippen LogP contribution in [-0.2, 0) is 17.9 Å². The number of rotatable bonds is 6. The van der Waals surface area contributed by atoms with Gasteiger partial charge in [0.05, 0.1) is 11.5 Å². The van der Waals surface area contributed by atoms with E-state index in [9.17, 15) is 14.9 Å². The van der Waals surface area contributed by atoms with Crippen molar-refractivity contribution in [3.05, 3.63) is 76.3 Å². The number of aryl methyl sites for hydroxylation is 1. The molecule has 0 spiro atoms. The van der Waals surface area contributed by atoms with E-state index in [1.165, 1.54) is 12.1 Å². The average Bonchev–Trinajstić information content (AvgIpc) is 3.46. The standard InChI is InChI=1S/C24H24N6O4/c1-17-4-2-3-5-20(17)24-25-22(34-26-24)15-27-10-12-28(13-11-27)23(31)16-29-9-8-18-14-19(30(32)33)6-7-21(18)29/h2-9,14H,10-13,15-16H2,1H3. The summed E-state index contributed by atoms with van der Waals surface area (Å²) in [5, 5.41) is 15.8. The smallest absolute Gasteiger partial charge is 0.270 e. The van der Waals surface area contributed by atoms with Crippen molar-refractivity contribution >= 4 is 22.5 Å². The van der Waals surface area contributed by atoms with E-state index >= 15 is 0 Å². The number of piperazine rings is 1. The summed E-state index contributed by atoms with van der Waals surface area (Å²) in [6.07, 6.45) is 1.80. The number of amides is 1. The number of nitrogens with zero attached hydrogens (tertiary/aromatic N) is 6. The zero-order chi connectivity index (χ0) is 23.7. The summed E-state index contributed by atoms with van der Waals surface area (Å²) in [6.45, 7) is 5.41. The Balaban J connectivity index is 1.17. The van der Waals surface area contributed by atoms with Crippen LogP contribution in [0.15, 0.2) is 59.3 Å². The Kier molecular flexibility index (Phi) is 5.81. The summed E-state index contributed by atoms with van der Waals surface area (Å²) >= 11 is 0. The van der Waals surface area contributed by atoms with Gasteiger partial charge in [-0.3, -0.25) is 19.8 Å². The van der Waals surface area contributed by atoms with Crippen molar-refractivity contribution in [2.24, 2.45) is 0 Å². The Morgan fingerprint density at radius 3 is 2.68 bits per heavy atom. The number of carbonyl (C=O) groups excluding carboxylic acids is 1. The molecule has 0 bridgehead atoms. The van der Waals surface area contributed by atoms with Gasteiger partial charge in [-0.25, -0.2) is 0 Å². The van der Waals surface area contributed by atoms with Crippen LogP contribution in [0.2, 0.25) is 0 Å². The number of fused-ring (bicyclic) bond motifs is 1. The van der Waals surface area contributed by atoms with Crippen molar-refractivity contribution in [1.29, 1.82) is 0 Å². The number of nitro groups is 1. The maximum Gasteiger partial charge on any atom is 0.270 e. The van der Waals surface area contributed by atoms with E-state index in [4.69, 9.17) is 4.52 Å². The predicted molar refractivity (Wildman–Crippen MR) is 125 cm³/mol. The fourth-order valence-corrected chi connectivity index (χ4v) is 4.28. The minimum Gasteiger partial charge on any atom is -0.339 e. The number of nitro benzene ring substituents is 1. The summed E-state index contributed by atoms with van der Waals surface area (Å²) in [5.74, 6) is 1.17. The van der Waals surface area contributed by atoms with E-state index in [0.29, 0.717) is 44.4 Å². The SMILES string of the molecule is Cc1ccccc1-c1noc(CN2CCN(C(=O)Cn3ccc4cc([N+](=O)[O-])ccc43)CC2)n1. The fraction of sp³-hybridized carbons (Fsp3) is 0.292. The first-order valence-corrected chi connectivity index (χ1v) is 11.1. The molecule has 3 heterocycles. The van der Waals surface area contributed by atoms with Crippen molar-refractivity contribution in [3.63, 3.8) is 0 Å². The molecular formula is C24H24N6O4. The van der Waals surface area contributed by atoms with E-state index in [0.717, 1.165) is 22.0 Å². The number of carbonyl (C=O) groups is 1. The minimum atomic E-state index is -0.417. The molecule has 1 aliphatic heterocycles. The van der Waals surface area contributed by atoms with Crippen LogP contribution < -0.4 is 0 Å². The van der Waals surface area contributed by atoms with Gasteiger partial charge in [-0.2, -0.15) is 4.98 Å². The molecule has 174 valence electrons. The first-order valence-electron chi connectivity index (χ1n) is 11.1. The van der Waals surface area contributed by atoms with Gasteiger partial charge in [0, 0.05) is 61.0 Å². The van der Waals surface area contributed by atoms with Crippen molar-refractivity contribution in [2.75, 3.05) is 26.2 Å². The second-order valence-corrected chi connectivity index (χ2v) is 8.43. The number of non-ortho nitro benzene ring substituents is 1. The van der Waals surface area contributed by atoms with Crippen LogP contribution in [-0.4, -0.2) is 61.5 Å². The van der Waals surface area contributed by atoms with Gasteiger partial charge in [0.2, 0.25) is 17.6 Å². The Hall–Kier alpha value is -4.05. The van der Waals surface area contributed by atoms with Crippen LogP contribution >= 0.6 is 0 Å². The van der Waals surface area contributed by atoms with E-state index in [2.05, 4.69) is 15.0 Å². The Morgan fingerprint density at radius 2 is 1.91 bits per heavy atom. The summed E-state index contributed by atoms with van der Waals surface area (Å²) in [7, 11) is 0. The number of hydrogen-bond donors (Lipinski definition) is 0. The summed E-state index contributed by atoms with van der Waals surface area (Å²) in [4.78, 5) is 32.0. The molecular weight excluding hydrogens is 436 g/mol. The highest BCUT2D eigenvalue weighted by Gasteiger charge is 2.23. The third-order valence-electron chi connectivity index (χ3n) is 6.21. The number of benzene rings is 2. The molecule has 10 nitrogen and oxygen atoms in total. The maximum atomic E-state index is 12.9. The zero-order valence-electron chi connectivity index (χ0n) is 18.8. The lowest BCUT2D eigenvalue weighted by atomic mass is 10.1. The van der Waals surface area contributed by atoms with Gasteiger partial charge in [0.1, 0.15) is 6.54 Å². The van der Waals surface area contributed by atoms with Gasteiger partial charge < -0.3 is 14.0 Å². The molecule has 0 aliphatic carbocycles. The molecule has 34 heavy (non-hydrogen) atoms. The predicted octanol–water partition coefficient (Wildman–Crippen LogP) is 3.25. The molecule has 1 amide bonds. The van der Waals surface area contributed by atoms with Crippen molar-refractivity contribution in [2.45, 2.75) is 20.0 Å². The molecule has 10 heteroatoms. The largest absolute Gasteiger partial charge is 0.339 e. The highest BCUT2D eigenvalue weighted by Crippen LogP contribution is 2.23. The topological polar surface area (TPSA) is 111 Å². The number of aromatic nitrogens is 3. The molecule has 1 fully saturated rings. The molecule has 5 rings (SSSR count). The van der Waals surface area contributed by atoms with E-state index < -0.39 is 4.92 Å². The molecule has 0 radical (unpaired) electrons. The minimum absolute atomic E-state index is 0.0233. The average molecular weight is 460 g/mol. The molecule has 1 saturated heterocycles. The molecule has 4 aromatic rings. The first kappa shape index (κ1) is 21.8. The Bertz CT molecular complexity index is 1350. The highest BCUT2D eigenvalue weighted by molar-refractivity contribution is 5.85. The molecule has 0 atom stereocenters. The molecule has 0 saturated carbocycles. The second-order valence-electron chi connectivity index (χ2n) is 8.43. The van der Waals surface area contributed by atoms with Gasteiger partial charge in [0.15, 0.2) is 0 Å². The Labute approximate surface area is 195 Å². The van der Waals surface area contributed by atoms with Gasteiger partial charge in [-0.15, -0.1) is 0 Å². The fourth-order valence-electron chi connectivity index (χ4n) is 4.28. The van der Waals surface area contributed by atoms with Crippen LogP contribution in [0.4, 0.5) is 5.69 Å². The summed E-state index contributed by atoms with van der Waals surface area (Å²) in [5.41, 5.74) is 2.90. The van der Waals surface area contributed by atoms with Crippen LogP contribution in [0.3, 0.4) is 0 Å². The lowest BCUT2D eigenvalue weighted by Crippen LogP contribution is -2.49. The lowest BCUT2D eigenvalue weighted by Gasteiger charge is -2.34. The highest BCUT2D eigenvalue weighted by atomic mass is 16.6. The normalized spacial score (nSPS) is 14.6. The van der Waals surface area contributed by atoms with Crippen molar-refractivity contribution in [3.8, 4) is 11.4 Å². The second kappa shape index (κ2) is 9.06. The van der Waals surface area contributed by atoms with E-state index in [-0.39, 0.29) is 18.1 Å². The van der Waals surface area contributed by atoms with Crippen LogP contribution in [0.25, 0.3) is 22.3 Å². The van der Waals surface area contributed by atoms with Gasteiger partial charge in [-0.1, -0.05) is 29.4 Å². The number of hydrogen-bond acceptors (Lipinski definition) is 7. The van der Waals surface area contributed by atoms with Gasteiger partial charge in [0.25, 0.3) is 5.69 Å². The molecule has 2 aromatic heterocycles. The molecule has 0 N–H and O–H groups in total. The van der Waals surface area contributed by atoms with Crippen LogP contribution in [0.5, 0.6) is 0 Å². The summed E-state index contributed by atoms with van der Waals surface area (Å²) in [6, 6.07) is 14.4. The lowest BCUT2D eigenvalue weighted by molar-refractivity contribution is -0.384. The first-order chi connectivity index (χ1) is 16.5. The van der Waals surface area contributed by atoms with Gasteiger partial charge >= 0.3 is 0 Å². The quantitative estimate of drug-likeness (QED) is 0.321. The van der Waals surface area contributed by atoms with E-state index in [1.807, 2.05) is 40.7 Å². The zero-order valence-corrected chi connectivity index (χ0v) is 18.8. The third kappa shape index (κ3) is 4.40. The third-order valence-corrected chi connectivity index (χ3v) is 6.21. The molecule has 0 unspecified atom stereocenters. The monoisotopic (exact) mass is 460 g/mol. The van der Waals surface area contributed by atoms with Crippen molar-refractivity contribution in [1.82, 2.24) is 24.5 Å². The molecule has 1 aliphatic rings. The van der Waals surface area contributed by atoms with Crippen LogP contribution in [0, 0.1) is 17.0 Å². The van der Waals surface area contributed by atoms with E-state index in [1.54, 1.807) is 18.3 Å². The Morgan fingerprint density at radius 1 is 1.12 bits per heavy atom. The van der Waals surface area contributed by atoms with Crippen LogP contribution in [0.1, 0.15) is 11.5 Å². The maximum absolute atomic E-state index is 12.9.